The van der Waals surface area contributed by atoms with Gasteiger partial charge in [0.2, 0.25) is 0 Å². The summed E-state index contributed by atoms with van der Waals surface area (Å²) in [5, 5.41) is 11.1. The first-order chi connectivity index (χ1) is 13.2. The second-order valence-corrected chi connectivity index (χ2v) is 6.82. The van der Waals surface area contributed by atoms with E-state index in [1.807, 2.05) is 49.4 Å². The van der Waals surface area contributed by atoms with Crippen LogP contribution in [0.1, 0.15) is 18.3 Å². The van der Waals surface area contributed by atoms with E-state index >= 15 is 0 Å². The molecule has 0 unspecified atom stereocenters. The van der Waals surface area contributed by atoms with Crippen LogP contribution in [0.4, 0.5) is 23.7 Å². The number of anilines is 1. The maximum absolute atomic E-state index is 12.7. The summed E-state index contributed by atoms with van der Waals surface area (Å²) in [6, 6.07) is 14.0. The smallest absolute Gasteiger partial charge is 0.338 e. The number of amides is 2. The Morgan fingerprint density at radius 1 is 1.18 bits per heavy atom. The molecule has 0 radical (unpaired) electrons. The second-order valence-electron chi connectivity index (χ2n) is 6.82. The van der Waals surface area contributed by atoms with E-state index in [9.17, 15) is 18.0 Å². The predicted molar refractivity (Wildman–Crippen MR) is 102 cm³/mol. The zero-order valence-corrected chi connectivity index (χ0v) is 15.5. The average molecular weight is 390 g/mol. The molecule has 0 saturated heterocycles. The summed E-state index contributed by atoms with van der Waals surface area (Å²) in [4.78, 5) is 12.2. The molecule has 2 aromatic carbocycles. The molecule has 2 amide bonds. The van der Waals surface area contributed by atoms with Crippen molar-refractivity contribution in [2.24, 2.45) is 5.92 Å². The lowest BCUT2D eigenvalue weighted by Crippen LogP contribution is -2.33. The Balaban J connectivity index is 1.56. The van der Waals surface area contributed by atoms with E-state index in [-0.39, 0.29) is 18.5 Å². The number of hydrogen-bond donors (Lipinski definition) is 2. The van der Waals surface area contributed by atoms with Crippen LogP contribution in [0.2, 0.25) is 0 Å². The molecule has 1 heterocycles. The average Bonchev–Trinajstić information content (AvgIpc) is 3.01. The van der Waals surface area contributed by atoms with Crippen molar-refractivity contribution < 1.29 is 18.0 Å². The summed E-state index contributed by atoms with van der Waals surface area (Å²) < 4.78 is 39.6. The molecule has 3 aromatic rings. The minimum Gasteiger partial charge on any atom is -0.338 e. The maximum Gasteiger partial charge on any atom is 0.435 e. The Hall–Kier alpha value is -3.03. The van der Waals surface area contributed by atoms with E-state index in [0.717, 1.165) is 16.8 Å². The van der Waals surface area contributed by atoms with Gasteiger partial charge in [-0.2, -0.15) is 18.3 Å². The highest BCUT2D eigenvalue weighted by Crippen LogP contribution is 2.28. The number of nitrogens with one attached hydrogen (secondary N) is 2. The van der Waals surface area contributed by atoms with Crippen LogP contribution in [0.3, 0.4) is 0 Å². The number of urea groups is 1. The fraction of sp³-hybridized carbons (Fsp3) is 0.300. The van der Waals surface area contributed by atoms with Gasteiger partial charge >= 0.3 is 12.2 Å². The molecule has 0 aliphatic rings. The molecule has 28 heavy (non-hydrogen) atoms. The Morgan fingerprint density at radius 3 is 2.61 bits per heavy atom. The van der Waals surface area contributed by atoms with Gasteiger partial charge in [0.05, 0.1) is 5.69 Å². The van der Waals surface area contributed by atoms with Crippen LogP contribution in [0.25, 0.3) is 10.8 Å². The number of nitrogens with zero attached hydrogens (tertiary/aromatic N) is 2. The van der Waals surface area contributed by atoms with Crippen LogP contribution in [-0.4, -0.2) is 22.4 Å². The fourth-order valence-corrected chi connectivity index (χ4v) is 2.96. The van der Waals surface area contributed by atoms with E-state index in [2.05, 4.69) is 15.7 Å². The van der Waals surface area contributed by atoms with Crippen LogP contribution in [0, 0.1) is 12.8 Å². The molecule has 5 nitrogen and oxygen atoms in total. The molecular weight excluding hydrogens is 369 g/mol. The maximum atomic E-state index is 12.7. The van der Waals surface area contributed by atoms with E-state index in [1.165, 1.54) is 4.68 Å². The lowest BCUT2D eigenvalue weighted by atomic mass is 10.1. The fourth-order valence-electron chi connectivity index (χ4n) is 2.96. The number of aryl methyl sites for hydroxylation is 1. The van der Waals surface area contributed by atoms with Gasteiger partial charge in [-0.15, -0.1) is 0 Å². The van der Waals surface area contributed by atoms with Crippen LogP contribution >= 0.6 is 0 Å². The van der Waals surface area contributed by atoms with Crippen molar-refractivity contribution in [2.45, 2.75) is 26.6 Å². The first-order valence-corrected chi connectivity index (χ1v) is 8.88. The molecule has 0 bridgehead atoms. The minimum absolute atomic E-state index is 0.0991. The largest absolute Gasteiger partial charge is 0.435 e. The molecule has 1 aromatic heterocycles. The Bertz CT molecular complexity index is 976. The molecule has 2 N–H and O–H groups in total. The zero-order valence-electron chi connectivity index (χ0n) is 15.5. The summed E-state index contributed by atoms with van der Waals surface area (Å²) in [7, 11) is 0. The first-order valence-electron chi connectivity index (χ1n) is 8.88. The topological polar surface area (TPSA) is 59.0 Å². The third-order valence-corrected chi connectivity index (χ3v) is 4.41. The quantitative estimate of drug-likeness (QED) is 0.656. The number of alkyl halides is 3. The van der Waals surface area contributed by atoms with Crippen molar-refractivity contribution in [3.8, 4) is 0 Å². The Kier molecular flexibility index (Phi) is 5.58. The number of carbonyl (C=O) groups excluding carboxylic acids is 1. The summed E-state index contributed by atoms with van der Waals surface area (Å²) >= 11 is 0. The SMILES string of the molecule is Cc1cc(C(F)(F)F)nn1C[C@H](C)CNC(=O)Nc1cccc2ccccc12. The van der Waals surface area contributed by atoms with Gasteiger partial charge in [0.15, 0.2) is 5.69 Å². The Labute approximate surface area is 160 Å². The minimum atomic E-state index is -4.46. The normalized spacial score (nSPS) is 12.8. The summed E-state index contributed by atoms with van der Waals surface area (Å²) in [6.07, 6.45) is -4.46. The van der Waals surface area contributed by atoms with Crippen molar-refractivity contribution in [1.82, 2.24) is 15.1 Å². The monoisotopic (exact) mass is 390 g/mol. The summed E-state index contributed by atoms with van der Waals surface area (Å²) in [5.74, 6) is -0.0991. The summed E-state index contributed by atoms with van der Waals surface area (Å²) in [6.45, 7) is 4.00. The van der Waals surface area contributed by atoms with E-state index in [1.54, 1.807) is 6.92 Å². The zero-order chi connectivity index (χ0) is 20.3. The van der Waals surface area contributed by atoms with Gasteiger partial charge in [-0.1, -0.05) is 43.3 Å². The van der Waals surface area contributed by atoms with Gasteiger partial charge in [0.25, 0.3) is 0 Å². The van der Waals surface area contributed by atoms with E-state index in [0.29, 0.717) is 17.9 Å². The molecule has 0 aliphatic heterocycles. The molecule has 0 spiro atoms. The van der Waals surface area contributed by atoms with Gasteiger partial charge in [-0.3, -0.25) is 4.68 Å². The Morgan fingerprint density at radius 2 is 1.89 bits per heavy atom. The number of benzene rings is 2. The lowest BCUT2D eigenvalue weighted by Gasteiger charge is -2.15. The number of carbonyl (C=O) groups is 1. The molecule has 1 atom stereocenters. The van der Waals surface area contributed by atoms with E-state index in [4.69, 9.17) is 0 Å². The highest BCUT2D eigenvalue weighted by Gasteiger charge is 2.34. The van der Waals surface area contributed by atoms with Crippen LogP contribution in [-0.2, 0) is 12.7 Å². The molecule has 0 aliphatic carbocycles. The molecule has 8 heteroatoms. The van der Waals surface area contributed by atoms with Crippen LogP contribution < -0.4 is 10.6 Å². The molecule has 3 rings (SSSR count). The summed E-state index contributed by atoms with van der Waals surface area (Å²) in [5.41, 5.74) is 0.222. The third kappa shape index (κ3) is 4.62. The lowest BCUT2D eigenvalue weighted by molar-refractivity contribution is -0.141. The van der Waals surface area contributed by atoms with Gasteiger partial charge < -0.3 is 10.6 Å². The number of halogens is 3. The number of aromatic nitrogens is 2. The number of fused-ring (bicyclic) bond motifs is 1. The number of rotatable bonds is 5. The molecule has 148 valence electrons. The second kappa shape index (κ2) is 7.92. The van der Waals surface area contributed by atoms with Gasteiger partial charge in [-0.25, -0.2) is 4.79 Å². The molecule has 0 saturated carbocycles. The van der Waals surface area contributed by atoms with Gasteiger partial charge in [-0.05, 0) is 30.4 Å². The highest BCUT2D eigenvalue weighted by atomic mass is 19.4. The van der Waals surface area contributed by atoms with Crippen molar-refractivity contribution in [2.75, 3.05) is 11.9 Å². The van der Waals surface area contributed by atoms with Crippen molar-refractivity contribution in [3.05, 3.63) is 59.9 Å². The van der Waals surface area contributed by atoms with Crippen molar-refractivity contribution in [3.63, 3.8) is 0 Å². The third-order valence-electron chi connectivity index (χ3n) is 4.41. The van der Waals surface area contributed by atoms with E-state index < -0.39 is 11.9 Å². The van der Waals surface area contributed by atoms with Crippen LogP contribution in [0.5, 0.6) is 0 Å². The first kappa shape index (κ1) is 19.7. The van der Waals surface area contributed by atoms with Crippen molar-refractivity contribution >= 4 is 22.5 Å². The van der Waals surface area contributed by atoms with Crippen LogP contribution in [0.15, 0.2) is 48.5 Å². The standard InChI is InChI=1S/C20H21F3N4O/c1-13(12-27-14(2)10-18(26-27)20(21,22)23)11-24-19(28)25-17-9-5-7-15-6-3-4-8-16(15)17/h3-10,13H,11-12H2,1-2H3,(H2,24,25,28)/t13-/m1/s1. The van der Waals surface area contributed by atoms with Gasteiger partial charge in [0, 0.05) is 24.2 Å². The predicted octanol–water partition coefficient (Wildman–Crippen LogP) is 4.82. The highest BCUT2D eigenvalue weighted by molar-refractivity contribution is 6.01. The van der Waals surface area contributed by atoms with Crippen molar-refractivity contribution in [1.29, 1.82) is 0 Å². The molecular formula is C20H21F3N4O. The number of hydrogen-bond acceptors (Lipinski definition) is 2. The van der Waals surface area contributed by atoms with Gasteiger partial charge in [0.1, 0.15) is 0 Å². The molecule has 0 fully saturated rings.